The molecular weight excluding hydrogens is 134 g/mol. The van der Waals surface area contributed by atoms with Gasteiger partial charge >= 0.3 is 0 Å². The van der Waals surface area contributed by atoms with Crippen molar-refractivity contribution in [2.75, 3.05) is 19.4 Å². The molecule has 0 amide bonds. The summed E-state index contributed by atoms with van der Waals surface area (Å²) in [7, 11) is 1.78. The molecule has 0 aliphatic heterocycles. The van der Waals surface area contributed by atoms with Crippen molar-refractivity contribution in [3.63, 3.8) is 0 Å². The van der Waals surface area contributed by atoms with Crippen LogP contribution in [0.25, 0.3) is 0 Å². The maximum atomic E-state index is 4.91. The Morgan fingerprint density at radius 3 is 2.67 bits per heavy atom. The molecule has 0 aliphatic carbocycles. The van der Waals surface area contributed by atoms with Gasteiger partial charge in [0.25, 0.3) is 0 Å². The maximum absolute atomic E-state index is 4.91. The van der Waals surface area contributed by atoms with Crippen molar-refractivity contribution in [3.05, 3.63) is 0 Å². The molecule has 0 rings (SSSR count). The van der Waals surface area contributed by atoms with Gasteiger partial charge < -0.3 is 4.84 Å². The van der Waals surface area contributed by atoms with Crippen LogP contribution in [0.3, 0.4) is 0 Å². The summed E-state index contributed by atoms with van der Waals surface area (Å²) in [6.45, 7) is 5.16. The van der Waals surface area contributed by atoms with Gasteiger partial charge in [-0.25, -0.2) is 5.48 Å². The smallest absolute Gasteiger partial charge is 0.0772 e. The molecular formula is C6H15NOS. The van der Waals surface area contributed by atoms with Crippen molar-refractivity contribution >= 4 is 11.8 Å². The number of rotatable bonds is 5. The molecule has 0 fully saturated rings. The molecule has 0 aromatic heterocycles. The largest absolute Gasteiger partial charge is 0.301 e. The van der Waals surface area contributed by atoms with E-state index in [-0.39, 0.29) is 0 Å². The van der Waals surface area contributed by atoms with Gasteiger partial charge in [-0.3, -0.25) is 0 Å². The lowest BCUT2D eigenvalue weighted by molar-refractivity contribution is 0.0707. The molecule has 9 heavy (non-hydrogen) atoms. The third kappa shape index (κ3) is 8.27. The molecule has 56 valence electrons. The fourth-order valence-corrected chi connectivity index (χ4v) is 1.08. The van der Waals surface area contributed by atoms with Gasteiger partial charge in [0.2, 0.25) is 0 Å². The Kier molecular flexibility index (Phi) is 6.58. The molecule has 2 nitrogen and oxygen atoms in total. The number of hydrogen-bond acceptors (Lipinski definition) is 3. The zero-order valence-electron chi connectivity index (χ0n) is 6.31. The third-order valence-corrected chi connectivity index (χ3v) is 1.85. The van der Waals surface area contributed by atoms with Crippen LogP contribution in [0.15, 0.2) is 0 Å². The number of nitrogens with one attached hydrogen (secondary N) is 1. The molecule has 3 heteroatoms. The van der Waals surface area contributed by atoms with E-state index in [0.717, 1.165) is 12.4 Å². The summed E-state index contributed by atoms with van der Waals surface area (Å²) < 4.78 is 0. The number of hydrogen-bond donors (Lipinski definition) is 1. The van der Waals surface area contributed by atoms with Gasteiger partial charge in [0, 0.05) is 12.8 Å². The zero-order chi connectivity index (χ0) is 7.11. The highest BCUT2D eigenvalue weighted by Gasteiger charge is 1.91. The van der Waals surface area contributed by atoms with Crippen molar-refractivity contribution < 1.29 is 4.84 Å². The van der Waals surface area contributed by atoms with Crippen LogP contribution in [0.4, 0.5) is 0 Å². The van der Waals surface area contributed by atoms with E-state index in [1.165, 1.54) is 0 Å². The summed E-state index contributed by atoms with van der Waals surface area (Å²) in [5.41, 5.74) is 2.63. The summed E-state index contributed by atoms with van der Waals surface area (Å²) in [5, 5.41) is 0.713. The quantitative estimate of drug-likeness (QED) is 0.470. The van der Waals surface area contributed by atoms with Crippen molar-refractivity contribution in [2.45, 2.75) is 19.1 Å². The van der Waals surface area contributed by atoms with Crippen molar-refractivity contribution in [1.82, 2.24) is 5.48 Å². The van der Waals surface area contributed by atoms with Gasteiger partial charge in [-0.05, 0) is 5.25 Å². The Morgan fingerprint density at radius 2 is 2.22 bits per heavy atom. The summed E-state index contributed by atoms with van der Waals surface area (Å²) >= 11 is 1.91. The summed E-state index contributed by atoms with van der Waals surface area (Å²) in [6.07, 6.45) is 0. The lowest BCUT2D eigenvalue weighted by atomic mass is 10.6. The lowest BCUT2D eigenvalue weighted by Gasteiger charge is -2.03. The SMILES string of the molecule is CNOCCSC(C)C. The van der Waals surface area contributed by atoms with E-state index in [1.807, 2.05) is 11.8 Å². The molecule has 0 bridgehead atoms. The minimum atomic E-state index is 0.713. The van der Waals surface area contributed by atoms with Gasteiger partial charge in [-0.1, -0.05) is 13.8 Å². The van der Waals surface area contributed by atoms with Crippen molar-refractivity contribution in [1.29, 1.82) is 0 Å². The second-order valence-electron chi connectivity index (χ2n) is 1.97. The summed E-state index contributed by atoms with van der Waals surface area (Å²) in [5.74, 6) is 1.07. The van der Waals surface area contributed by atoms with Gasteiger partial charge in [0.05, 0.1) is 6.61 Å². The van der Waals surface area contributed by atoms with Crippen LogP contribution in [-0.2, 0) is 4.84 Å². The first kappa shape index (κ1) is 9.27. The lowest BCUT2D eigenvalue weighted by Crippen LogP contribution is -2.10. The highest BCUT2D eigenvalue weighted by Crippen LogP contribution is 2.07. The average molecular weight is 149 g/mol. The highest BCUT2D eigenvalue weighted by molar-refractivity contribution is 7.99. The Balaban J connectivity index is 2.75. The van der Waals surface area contributed by atoms with Crippen LogP contribution >= 0.6 is 11.8 Å². The second-order valence-corrected chi connectivity index (χ2v) is 3.66. The molecule has 0 heterocycles. The molecule has 0 saturated heterocycles. The molecule has 0 unspecified atom stereocenters. The van der Waals surface area contributed by atoms with E-state index in [1.54, 1.807) is 7.05 Å². The predicted octanol–water partition coefficient (Wildman–Crippen LogP) is 1.28. The minimum absolute atomic E-state index is 0.713. The first-order valence-electron chi connectivity index (χ1n) is 3.17. The number of thioether (sulfide) groups is 1. The molecule has 0 aliphatic rings. The van der Waals surface area contributed by atoms with Crippen LogP contribution in [0.5, 0.6) is 0 Å². The fourth-order valence-electron chi connectivity index (χ4n) is 0.428. The first-order chi connectivity index (χ1) is 4.27. The van der Waals surface area contributed by atoms with Gasteiger partial charge in [0.1, 0.15) is 0 Å². The molecule has 0 atom stereocenters. The average Bonchev–Trinajstić information content (AvgIpc) is 1.80. The van der Waals surface area contributed by atoms with E-state index >= 15 is 0 Å². The Morgan fingerprint density at radius 1 is 1.56 bits per heavy atom. The maximum Gasteiger partial charge on any atom is 0.0772 e. The van der Waals surface area contributed by atoms with E-state index in [9.17, 15) is 0 Å². The monoisotopic (exact) mass is 149 g/mol. The second kappa shape index (κ2) is 6.39. The number of hydroxylamine groups is 1. The molecule has 0 aromatic rings. The zero-order valence-corrected chi connectivity index (χ0v) is 7.12. The third-order valence-electron chi connectivity index (χ3n) is 0.781. The summed E-state index contributed by atoms with van der Waals surface area (Å²) in [4.78, 5) is 4.91. The highest BCUT2D eigenvalue weighted by atomic mass is 32.2. The van der Waals surface area contributed by atoms with Gasteiger partial charge in [0.15, 0.2) is 0 Å². The molecule has 0 radical (unpaired) electrons. The van der Waals surface area contributed by atoms with Crippen molar-refractivity contribution in [3.8, 4) is 0 Å². The van der Waals surface area contributed by atoms with E-state index in [0.29, 0.717) is 5.25 Å². The molecule has 0 spiro atoms. The molecule has 1 N–H and O–H groups in total. The molecule has 0 saturated carbocycles. The van der Waals surface area contributed by atoms with E-state index in [4.69, 9.17) is 4.84 Å². The molecule has 0 aromatic carbocycles. The van der Waals surface area contributed by atoms with E-state index in [2.05, 4.69) is 19.3 Å². The van der Waals surface area contributed by atoms with Gasteiger partial charge in [-0.2, -0.15) is 11.8 Å². The van der Waals surface area contributed by atoms with E-state index < -0.39 is 0 Å². The van der Waals surface area contributed by atoms with Crippen LogP contribution < -0.4 is 5.48 Å². The van der Waals surface area contributed by atoms with Crippen LogP contribution in [-0.4, -0.2) is 24.7 Å². The Bertz CT molecular complexity index is 59.0. The first-order valence-corrected chi connectivity index (χ1v) is 4.22. The Hall–Kier alpha value is 0.270. The van der Waals surface area contributed by atoms with Crippen molar-refractivity contribution in [2.24, 2.45) is 0 Å². The summed E-state index contributed by atoms with van der Waals surface area (Å²) in [6, 6.07) is 0. The normalized spacial score (nSPS) is 10.7. The standard InChI is InChI=1S/C6H15NOS/c1-6(2)9-5-4-8-7-3/h6-7H,4-5H2,1-3H3. The Labute approximate surface area is 61.3 Å². The fraction of sp³-hybridized carbons (Fsp3) is 1.00. The minimum Gasteiger partial charge on any atom is -0.301 e. The van der Waals surface area contributed by atoms with Crippen LogP contribution in [0.1, 0.15) is 13.8 Å². The predicted molar refractivity (Wildman–Crippen MR) is 42.6 cm³/mol. The topological polar surface area (TPSA) is 21.3 Å². The van der Waals surface area contributed by atoms with Gasteiger partial charge in [-0.15, -0.1) is 0 Å². The van der Waals surface area contributed by atoms with Crippen LogP contribution in [0.2, 0.25) is 0 Å². The van der Waals surface area contributed by atoms with Crippen LogP contribution in [0, 0.1) is 0 Å².